The van der Waals surface area contributed by atoms with Crippen molar-refractivity contribution in [3.05, 3.63) is 0 Å². The third-order valence-corrected chi connectivity index (χ3v) is 2.89. The van der Waals surface area contributed by atoms with Crippen molar-refractivity contribution in [2.24, 2.45) is 5.92 Å². The zero-order valence-corrected chi connectivity index (χ0v) is 10.7. The number of likely N-dealkylation sites (tertiary alicyclic amines) is 1. The number of carbonyl (C=O) groups excluding carboxylic acids is 2. The highest BCUT2D eigenvalue weighted by Gasteiger charge is 2.20. The first-order chi connectivity index (χ1) is 8.13. The van der Waals surface area contributed by atoms with Crippen LogP contribution in [-0.2, 0) is 9.53 Å². The fraction of sp³-hybridized carbons (Fsp3) is 0.833. The Balaban J connectivity index is 2.18. The maximum atomic E-state index is 11.8. The van der Waals surface area contributed by atoms with Crippen LogP contribution in [0.4, 0.5) is 4.79 Å². The number of hydrogen-bond donors (Lipinski definition) is 1. The van der Waals surface area contributed by atoms with Gasteiger partial charge in [0.15, 0.2) is 0 Å². The molecule has 0 aromatic heterocycles. The highest BCUT2D eigenvalue weighted by molar-refractivity contribution is 5.77. The maximum Gasteiger partial charge on any atom is 0.407 e. The van der Waals surface area contributed by atoms with E-state index in [-0.39, 0.29) is 5.91 Å². The summed E-state index contributed by atoms with van der Waals surface area (Å²) < 4.78 is 4.71. The molecule has 1 rings (SSSR count). The molecule has 0 spiro atoms. The van der Waals surface area contributed by atoms with E-state index >= 15 is 0 Å². The summed E-state index contributed by atoms with van der Waals surface area (Å²) in [4.78, 5) is 24.7. The van der Waals surface area contributed by atoms with Crippen molar-refractivity contribution in [3.63, 3.8) is 0 Å². The van der Waals surface area contributed by atoms with Gasteiger partial charge in [0.2, 0.25) is 5.91 Å². The van der Waals surface area contributed by atoms with E-state index in [9.17, 15) is 9.59 Å². The van der Waals surface area contributed by atoms with Crippen molar-refractivity contribution in [2.45, 2.75) is 33.1 Å². The minimum atomic E-state index is -0.452. The van der Waals surface area contributed by atoms with Crippen molar-refractivity contribution >= 4 is 12.0 Å². The van der Waals surface area contributed by atoms with E-state index in [2.05, 4.69) is 12.2 Å². The van der Waals surface area contributed by atoms with Crippen molar-refractivity contribution in [1.29, 1.82) is 0 Å². The number of carbonyl (C=O) groups is 2. The molecular weight excluding hydrogens is 220 g/mol. The number of alkyl carbamates (subject to hydrolysis) is 1. The third-order valence-electron chi connectivity index (χ3n) is 2.89. The highest BCUT2D eigenvalue weighted by atomic mass is 16.5. The fourth-order valence-corrected chi connectivity index (χ4v) is 2.03. The first kappa shape index (κ1) is 13.8. The van der Waals surface area contributed by atoms with Crippen LogP contribution in [0.2, 0.25) is 0 Å². The summed E-state index contributed by atoms with van der Waals surface area (Å²) in [6.07, 6.45) is 2.18. The molecule has 1 aliphatic rings. The lowest BCUT2D eigenvalue weighted by atomic mass is 10.00. The van der Waals surface area contributed by atoms with Crippen molar-refractivity contribution in [1.82, 2.24) is 10.2 Å². The Morgan fingerprint density at radius 3 is 2.88 bits per heavy atom. The standard InChI is InChI=1S/C12H22N2O3/c1-3-17-12(16)13-7-6-11(15)14-8-4-5-10(2)9-14/h10H,3-9H2,1-2H3,(H,13,16)/t10-/m0/s1. The second-order valence-electron chi connectivity index (χ2n) is 4.48. The van der Waals surface area contributed by atoms with Crippen molar-refractivity contribution in [2.75, 3.05) is 26.2 Å². The predicted molar refractivity (Wildman–Crippen MR) is 64.6 cm³/mol. The number of ether oxygens (including phenoxy) is 1. The molecule has 0 unspecified atom stereocenters. The van der Waals surface area contributed by atoms with Gasteiger partial charge >= 0.3 is 6.09 Å². The lowest BCUT2D eigenvalue weighted by Crippen LogP contribution is -2.40. The number of nitrogens with zero attached hydrogens (tertiary/aromatic N) is 1. The molecule has 1 aliphatic heterocycles. The Labute approximate surface area is 102 Å². The summed E-state index contributed by atoms with van der Waals surface area (Å²) in [7, 11) is 0. The van der Waals surface area contributed by atoms with Crippen LogP contribution in [0.1, 0.15) is 33.1 Å². The molecule has 1 atom stereocenters. The maximum absolute atomic E-state index is 11.8. The molecule has 1 fully saturated rings. The summed E-state index contributed by atoms with van der Waals surface area (Å²) in [6.45, 7) is 6.31. The van der Waals surface area contributed by atoms with Gasteiger partial charge in [0, 0.05) is 26.1 Å². The molecule has 2 amide bonds. The molecule has 0 radical (unpaired) electrons. The van der Waals surface area contributed by atoms with Gasteiger partial charge in [0.05, 0.1) is 6.61 Å². The fourth-order valence-electron chi connectivity index (χ4n) is 2.03. The number of piperidine rings is 1. The second kappa shape index (κ2) is 7.14. The summed E-state index contributed by atoms with van der Waals surface area (Å²) in [5, 5.41) is 2.56. The molecule has 0 aromatic rings. The molecule has 5 heteroatoms. The smallest absolute Gasteiger partial charge is 0.407 e. The lowest BCUT2D eigenvalue weighted by molar-refractivity contribution is -0.132. The van der Waals surface area contributed by atoms with E-state index < -0.39 is 6.09 Å². The summed E-state index contributed by atoms with van der Waals surface area (Å²) in [5.41, 5.74) is 0. The summed E-state index contributed by atoms with van der Waals surface area (Å²) in [5.74, 6) is 0.707. The summed E-state index contributed by atoms with van der Waals surface area (Å²) >= 11 is 0. The molecule has 1 heterocycles. The predicted octanol–water partition coefficient (Wildman–Crippen LogP) is 1.38. The quantitative estimate of drug-likeness (QED) is 0.810. The van der Waals surface area contributed by atoms with Gasteiger partial charge in [0.1, 0.15) is 0 Å². The van der Waals surface area contributed by atoms with Gasteiger partial charge < -0.3 is 15.0 Å². The second-order valence-corrected chi connectivity index (χ2v) is 4.48. The number of amides is 2. The van der Waals surface area contributed by atoms with E-state index in [1.807, 2.05) is 4.90 Å². The van der Waals surface area contributed by atoms with Gasteiger partial charge in [-0.05, 0) is 25.7 Å². The van der Waals surface area contributed by atoms with Crippen molar-refractivity contribution < 1.29 is 14.3 Å². The van der Waals surface area contributed by atoms with E-state index in [4.69, 9.17) is 4.74 Å². The zero-order chi connectivity index (χ0) is 12.7. The third kappa shape index (κ3) is 5.06. The van der Waals surface area contributed by atoms with Crippen LogP contribution >= 0.6 is 0 Å². The van der Waals surface area contributed by atoms with E-state index in [1.54, 1.807) is 6.92 Å². The van der Waals surface area contributed by atoms with Crippen LogP contribution < -0.4 is 5.32 Å². The van der Waals surface area contributed by atoms with Crippen LogP contribution in [0.15, 0.2) is 0 Å². The molecule has 5 nitrogen and oxygen atoms in total. The van der Waals surface area contributed by atoms with Crippen LogP contribution in [0.3, 0.4) is 0 Å². The largest absolute Gasteiger partial charge is 0.450 e. The Morgan fingerprint density at radius 1 is 1.47 bits per heavy atom. The minimum Gasteiger partial charge on any atom is -0.450 e. The van der Waals surface area contributed by atoms with Crippen molar-refractivity contribution in [3.8, 4) is 0 Å². The Morgan fingerprint density at radius 2 is 2.24 bits per heavy atom. The minimum absolute atomic E-state index is 0.119. The highest BCUT2D eigenvalue weighted by Crippen LogP contribution is 2.15. The lowest BCUT2D eigenvalue weighted by Gasteiger charge is -2.31. The first-order valence-corrected chi connectivity index (χ1v) is 6.32. The van der Waals surface area contributed by atoms with Crippen LogP contribution in [0.25, 0.3) is 0 Å². The van der Waals surface area contributed by atoms with Gasteiger partial charge in [-0.25, -0.2) is 4.79 Å². The number of hydrogen-bond acceptors (Lipinski definition) is 3. The molecule has 0 aliphatic carbocycles. The Kier molecular flexibility index (Phi) is 5.80. The van der Waals surface area contributed by atoms with Gasteiger partial charge in [-0.2, -0.15) is 0 Å². The molecule has 1 saturated heterocycles. The molecular formula is C12H22N2O3. The topological polar surface area (TPSA) is 58.6 Å². The number of nitrogens with one attached hydrogen (secondary N) is 1. The van der Waals surface area contributed by atoms with Gasteiger partial charge in [-0.3, -0.25) is 4.79 Å². The van der Waals surface area contributed by atoms with Gasteiger partial charge in [-0.1, -0.05) is 6.92 Å². The molecule has 0 aromatic carbocycles. The Bertz CT molecular complexity index is 268. The average molecular weight is 242 g/mol. The monoisotopic (exact) mass is 242 g/mol. The average Bonchev–Trinajstić information content (AvgIpc) is 2.29. The molecule has 98 valence electrons. The SMILES string of the molecule is CCOC(=O)NCCC(=O)N1CCC[C@H](C)C1. The van der Waals surface area contributed by atoms with E-state index in [1.165, 1.54) is 6.42 Å². The molecule has 17 heavy (non-hydrogen) atoms. The molecule has 1 N–H and O–H groups in total. The van der Waals surface area contributed by atoms with Crippen LogP contribution in [-0.4, -0.2) is 43.1 Å². The van der Waals surface area contributed by atoms with Gasteiger partial charge in [0.25, 0.3) is 0 Å². The Hall–Kier alpha value is -1.26. The van der Waals surface area contributed by atoms with Crippen LogP contribution in [0.5, 0.6) is 0 Å². The molecule has 0 bridgehead atoms. The summed E-state index contributed by atoms with van der Waals surface area (Å²) in [6, 6.07) is 0. The molecule has 0 saturated carbocycles. The van der Waals surface area contributed by atoms with Gasteiger partial charge in [-0.15, -0.1) is 0 Å². The van der Waals surface area contributed by atoms with Crippen LogP contribution in [0, 0.1) is 5.92 Å². The van der Waals surface area contributed by atoms with E-state index in [0.717, 1.165) is 19.5 Å². The number of rotatable bonds is 4. The first-order valence-electron chi connectivity index (χ1n) is 6.32. The zero-order valence-electron chi connectivity index (χ0n) is 10.7. The van der Waals surface area contributed by atoms with E-state index in [0.29, 0.717) is 25.5 Å². The normalized spacial score (nSPS) is 19.9.